The Morgan fingerprint density at radius 3 is 2.71 bits per heavy atom. The minimum atomic E-state index is -0.458. The van der Waals surface area contributed by atoms with Gasteiger partial charge in [0, 0.05) is 67.6 Å². The van der Waals surface area contributed by atoms with E-state index in [1.54, 1.807) is 19.3 Å². The van der Waals surface area contributed by atoms with Crippen molar-refractivity contribution in [3.63, 3.8) is 0 Å². The van der Waals surface area contributed by atoms with Gasteiger partial charge in [0.25, 0.3) is 0 Å². The number of likely N-dealkylation sites (N-methyl/N-ethyl adjacent to an activating group) is 1. The van der Waals surface area contributed by atoms with Gasteiger partial charge in [-0.3, -0.25) is 9.78 Å². The maximum atomic E-state index is 12.6. The predicted octanol–water partition coefficient (Wildman–Crippen LogP) is 5.38. The molecule has 1 aliphatic heterocycles. The number of hydrogen-bond donors (Lipinski definition) is 3. The van der Waals surface area contributed by atoms with Gasteiger partial charge in [-0.25, -0.2) is 9.78 Å². The average Bonchev–Trinajstić information content (AvgIpc) is 3.53. The molecule has 3 aromatic heterocycles. The Bertz CT molecular complexity index is 1670. The Balaban J connectivity index is 0.00000255. The van der Waals surface area contributed by atoms with Gasteiger partial charge < -0.3 is 34.7 Å². The molecule has 0 saturated heterocycles. The number of benzene rings is 1. The highest BCUT2D eigenvalue weighted by atomic mass is 16.5. The number of nitrogens with one attached hydrogen (secondary N) is 3. The van der Waals surface area contributed by atoms with Crippen molar-refractivity contribution in [1.29, 1.82) is 0 Å². The van der Waals surface area contributed by atoms with Gasteiger partial charge in [-0.05, 0) is 75.2 Å². The van der Waals surface area contributed by atoms with Crippen LogP contribution in [0.4, 0.5) is 5.82 Å². The van der Waals surface area contributed by atoms with Crippen molar-refractivity contribution in [3.8, 4) is 11.5 Å². The summed E-state index contributed by atoms with van der Waals surface area (Å²) in [6.45, 7) is 9.17. The molecule has 0 aliphatic carbocycles. The first-order chi connectivity index (χ1) is 23.5. The van der Waals surface area contributed by atoms with Gasteiger partial charge in [0.05, 0.1) is 37.2 Å². The lowest BCUT2D eigenvalue weighted by Gasteiger charge is -2.17. The van der Waals surface area contributed by atoms with Crippen molar-refractivity contribution < 1.29 is 23.8 Å². The fraction of sp³-hybridized carbons (Fsp3) is 0.405. The van der Waals surface area contributed by atoms with E-state index in [4.69, 9.17) is 19.2 Å². The molecule has 1 aromatic carbocycles. The molecule has 11 nitrogen and oxygen atoms in total. The first kappa shape index (κ1) is 35.9. The van der Waals surface area contributed by atoms with Crippen LogP contribution in [0, 0.1) is 0 Å². The highest BCUT2D eigenvalue weighted by molar-refractivity contribution is 5.95. The van der Waals surface area contributed by atoms with Crippen LogP contribution in [0.5, 0.6) is 11.5 Å². The molecule has 1 amide bonds. The summed E-state index contributed by atoms with van der Waals surface area (Å²) in [5.41, 5.74) is 4.44. The SMILES string of the molecule is CC.CCOC(=O)/C=C(/c1cncc(OCCCC(=O)NCCNC)c1)n1ccc2cc(OCCc3ccc4c(n3)NCCC4)ccc21. The van der Waals surface area contributed by atoms with E-state index < -0.39 is 5.97 Å². The van der Waals surface area contributed by atoms with Gasteiger partial charge >= 0.3 is 5.97 Å². The normalized spacial score (nSPS) is 12.3. The van der Waals surface area contributed by atoms with Crippen LogP contribution in [0.15, 0.2) is 67.1 Å². The van der Waals surface area contributed by atoms with Gasteiger partial charge in [0.15, 0.2) is 0 Å². The number of aromatic nitrogens is 3. The molecule has 0 fully saturated rings. The second-order valence-electron chi connectivity index (χ2n) is 10.9. The molecule has 0 atom stereocenters. The lowest BCUT2D eigenvalue weighted by molar-refractivity contribution is -0.137. The minimum absolute atomic E-state index is 0.0117. The quantitative estimate of drug-likeness (QED) is 0.0827. The van der Waals surface area contributed by atoms with Gasteiger partial charge in [-0.2, -0.15) is 0 Å². The molecule has 256 valence electrons. The molecule has 11 heteroatoms. The van der Waals surface area contributed by atoms with Crippen molar-refractivity contribution >= 4 is 34.3 Å². The number of esters is 1. The highest BCUT2D eigenvalue weighted by Gasteiger charge is 2.14. The molecular weight excluding hydrogens is 608 g/mol. The highest BCUT2D eigenvalue weighted by Crippen LogP contribution is 2.29. The summed E-state index contributed by atoms with van der Waals surface area (Å²) < 4.78 is 19.2. The van der Waals surface area contributed by atoms with E-state index in [1.165, 1.54) is 11.6 Å². The van der Waals surface area contributed by atoms with E-state index in [0.717, 1.165) is 54.1 Å². The van der Waals surface area contributed by atoms with E-state index in [9.17, 15) is 9.59 Å². The summed E-state index contributed by atoms with van der Waals surface area (Å²) in [5, 5.41) is 10.2. The number of aryl methyl sites for hydroxylation is 1. The fourth-order valence-corrected chi connectivity index (χ4v) is 5.27. The van der Waals surface area contributed by atoms with Crippen LogP contribution in [0.3, 0.4) is 0 Å². The number of carbonyl (C=O) groups is 2. The summed E-state index contributed by atoms with van der Waals surface area (Å²) in [4.78, 5) is 33.7. The number of rotatable bonds is 16. The van der Waals surface area contributed by atoms with Crippen LogP contribution in [0.25, 0.3) is 16.6 Å². The zero-order valence-corrected chi connectivity index (χ0v) is 28.5. The number of anilines is 1. The molecule has 0 unspecified atom stereocenters. The van der Waals surface area contributed by atoms with Crippen molar-refractivity contribution in [1.82, 2.24) is 25.2 Å². The summed E-state index contributed by atoms with van der Waals surface area (Å²) in [6, 6.07) is 13.9. The molecule has 4 heterocycles. The Labute approximate surface area is 283 Å². The number of pyridine rings is 2. The second-order valence-corrected chi connectivity index (χ2v) is 10.9. The van der Waals surface area contributed by atoms with Crippen LogP contribution in [-0.4, -0.2) is 72.9 Å². The number of ether oxygens (including phenoxy) is 3. The van der Waals surface area contributed by atoms with Crippen LogP contribution >= 0.6 is 0 Å². The monoisotopic (exact) mass is 656 g/mol. The fourth-order valence-electron chi connectivity index (χ4n) is 5.27. The molecule has 0 saturated carbocycles. The van der Waals surface area contributed by atoms with E-state index >= 15 is 0 Å². The largest absolute Gasteiger partial charge is 0.493 e. The number of fused-ring (bicyclic) bond motifs is 2. The predicted molar refractivity (Wildman–Crippen MR) is 189 cm³/mol. The molecule has 3 N–H and O–H groups in total. The number of hydrogen-bond acceptors (Lipinski definition) is 9. The Morgan fingerprint density at radius 2 is 1.88 bits per heavy atom. The zero-order valence-electron chi connectivity index (χ0n) is 28.5. The minimum Gasteiger partial charge on any atom is -0.493 e. The van der Waals surface area contributed by atoms with Gasteiger partial charge in [0.1, 0.15) is 17.3 Å². The van der Waals surface area contributed by atoms with E-state index in [1.807, 2.05) is 62.0 Å². The third-order valence-corrected chi connectivity index (χ3v) is 7.56. The number of amides is 1. The van der Waals surface area contributed by atoms with Crippen LogP contribution in [-0.2, 0) is 27.2 Å². The summed E-state index contributed by atoms with van der Waals surface area (Å²) in [5.74, 6) is 1.82. The first-order valence-electron chi connectivity index (χ1n) is 16.9. The molecule has 5 rings (SSSR count). The zero-order chi connectivity index (χ0) is 34.1. The summed E-state index contributed by atoms with van der Waals surface area (Å²) in [7, 11) is 1.84. The molecule has 0 bridgehead atoms. The third-order valence-electron chi connectivity index (χ3n) is 7.56. The molecule has 1 aliphatic rings. The van der Waals surface area contributed by atoms with E-state index in [-0.39, 0.29) is 12.5 Å². The number of carbonyl (C=O) groups excluding carboxylic acids is 2. The summed E-state index contributed by atoms with van der Waals surface area (Å²) in [6.07, 6.45) is 10.5. The second kappa shape index (κ2) is 19.0. The van der Waals surface area contributed by atoms with Crippen LogP contribution in [0.1, 0.15) is 56.9 Å². The maximum absolute atomic E-state index is 12.6. The lowest BCUT2D eigenvalue weighted by Crippen LogP contribution is -2.30. The van der Waals surface area contributed by atoms with Gasteiger partial charge in [0.2, 0.25) is 5.91 Å². The van der Waals surface area contributed by atoms with Crippen molar-refractivity contribution in [2.24, 2.45) is 0 Å². The van der Waals surface area contributed by atoms with Crippen LogP contribution in [0.2, 0.25) is 0 Å². The molecular formula is C37H48N6O5. The standard InChI is InChI=1S/C35H42N6O5.C2H6/c1-3-44-34(43)22-32(27-21-30(24-37-23-27)45-18-5-7-33(42)38-16-15-36-2)41-17-12-26-20-29(10-11-31(26)41)46-19-13-28-9-8-25-6-4-14-39-35(25)40-28;1-2/h8-12,17,20-24,36H,3-7,13-16,18-19H2,1-2H3,(H,38,42)(H,39,40);1-2H3/b32-22-;. The Morgan fingerprint density at radius 1 is 1.02 bits per heavy atom. The van der Waals surface area contributed by atoms with Gasteiger partial charge in [-0.15, -0.1) is 0 Å². The number of nitrogens with zero attached hydrogens (tertiary/aromatic N) is 3. The average molecular weight is 657 g/mol. The maximum Gasteiger partial charge on any atom is 0.332 e. The van der Waals surface area contributed by atoms with Crippen molar-refractivity contribution in [2.45, 2.75) is 52.9 Å². The molecule has 0 radical (unpaired) electrons. The Kier molecular flexibility index (Phi) is 14.3. The van der Waals surface area contributed by atoms with E-state index in [2.05, 4.69) is 33.1 Å². The van der Waals surface area contributed by atoms with Crippen molar-refractivity contribution in [2.75, 3.05) is 51.8 Å². The molecule has 4 aromatic rings. The van der Waals surface area contributed by atoms with Crippen molar-refractivity contribution in [3.05, 3.63) is 84.0 Å². The topological polar surface area (TPSA) is 129 Å². The third kappa shape index (κ3) is 10.3. The summed E-state index contributed by atoms with van der Waals surface area (Å²) >= 11 is 0. The first-order valence-corrected chi connectivity index (χ1v) is 16.9. The van der Waals surface area contributed by atoms with Crippen LogP contribution < -0.4 is 25.4 Å². The Hall–Kier alpha value is -4.90. The van der Waals surface area contributed by atoms with Gasteiger partial charge in [-0.1, -0.05) is 19.9 Å². The van der Waals surface area contributed by atoms with E-state index in [0.29, 0.717) is 56.0 Å². The smallest absolute Gasteiger partial charge is 0.332 e. The molecule has 48 heavy (non-hydrogen) atoms. The molecule has 0 spiro atoms. The lowest BCUT2D eigenvalue weighted by atomic mass is 10.1.